The van der Waals surface area contributed by atoms with Gasteiger partial charge in [0.05, 0.1) is 12.8 Å². The monoisotopic (exact) mass is 383 g/mol. The molecule has 0 saturated heterocycles. The molecule has 136 valence electrons. The first kappa shape index (κ1) is 17.9. The van der Waals surface area contributed by atoms with E-state index in [4.69, 9.17) is 4.74 Å². The van der Waals surface area contributed by atoms with Crippen LogP contribution >= 0.6 is 11.3 Å². The molecular weight excluding hydrogens is 371 g/mol. The third-order valence-corrected chi connectivity index (χ3v) is 4.35. The highest BCUT2D eigenvalue weighted by atomic mass is 32.1. The lowest BCUT2D eigenvalue weighted by molar-refractivity contribution is -0.123. The highest BCUT2D eigenvalue weighted by Gasteiger charge is 2.28. The van der Waals surface area contributed by atoms with Gasteiger partial charge in [-0.1, -0.05) is 12.1 Å². The minimum absolute atomic E-state index is 0.320. The van der Waals surface area contributed by atoms with E-state index >= 15 is 0 Å². The van der Waals surface area contributed by atoms with Crippen molar-refractivity contribution in [1.29, 1.82) is 0 Å². The summed E-state index contributed by atoms with van der Waals surface area (Å²) in [5.74, 6) is -0.557. The molecule has 1 aromatic carbocycles. The number of ether oxygens (including phenoxy) is 1. The van der Waals surface area contributed by atoms with Crippen molar-refractivity contribution in [2.45, 2.75) is 6.18 Å². The van der Waals surface area contributed by atoms with Crippen LogP contribution in [-0.2, 0) is 0 Å². The summed E-state index contributed by atoms with van der Waals surface area (Å²) < 4.78 is 43.2. The van der Waals surface area contributed by atoms with Gasteiger partial charge in [0.2, 0.25) is 0 Å². The maximum absolute atomic E-state index is 12.7. The molecule has 0 fully saturated rings. The van der Waals surface area contributed by atoms with Crippen LogP contribution in [0.4, 0.5) is 13.2 Å². The second kappa shape index (κ2) is 6.79. The normalized spacial score (nSPS) is 11.5. The number of amides is 1. The molecule has 0 atom stereocenters. The number of thiazole rings is 1. The zero-order valence-electron chi connectivity index (χ0n) is 13.3. The molecule has 6 nitrogen and oxygen atoms in total. The van der Waals surface area contributed by atoms with Gasteiger partial charge in [-0.15, -0.1) is 11.3 Å². The van der Waals surface area contributed by atoms with E-state index in [0.29, 0.717) is 22.0 Å². The molecule has 2 heterocycles. The second-order valence-electron chi connectivity index (χ2n) is 5.25. The van der Waals surface area contributed by atoms with Gasteiger partial charge in [0.15, 0.2) is 4.96 Å². The van der Waals surface area contributed by atoms with Crippen molar-refractivity contribution in [2.75, 3.05) is 13.7 Å². The predicted molar refractivity (Wildman–Crippen MR) is 89.7 cm³/mol. The Kier molecular flexibility index (Phi) is 4.68. The zero-order valence-corrected chi connectivity index (χ0v) is 14.1. The first-order valence-electron chi connectivity index (χ1n) is 7.29. The molecule has 0 spiro atoms. The number of hydrogen-bond donors (Lipinski definition) is 1. The number of alkyl halides is 3. The SMILES string of the molecule is COc1cccc(-c2csc3ncc(C(=O)NCC(F)(F)F)c(=O)n23)c1. The molecule has 2 aromatic heterocycles. The Labute approximate surface area is 148 Å². The number of nitrogens with zero attached hydrogens (tertiary/aromatic N) is 2. The Morgan fingerprint density at radius 1 is 1.38 bits per heavy atom. The van der Waals surface area contributed by atoms with Crippen LogP contribution in [0.1, 0.15) is 10.4 Å². The lowest BCUT2D eigenvalue weighted by Gasteiger charge is -2.08. The van der Waals surface area contributed by atoms with Gasteiger partial charge in [-0.2, -0.15) is 13.2 Å². The molecule has 10 heteroatoms. The van der Waals surface area contributed by atoms with E-state index in [9.17, 15) is 22.8 Å². The van der Waals surface area contributed by atoms with Crippen molar-refractivity contribution in [3.05, 3.63) is 51.8 Å². The van der Waals surface area contributed by atoms with Crippen molar-refractivity contribution in [3.63, 3.8) is 0 Å². The number of carbonyl (C=O) groups is 1. The third-order valence-electron chi connectivity index (χ3n) is 3.51. The van der Waals surface area contributed by atoms with Gasteiger partial charge in [-0.05, 0) is 12.1 Å². The number of methoxy groups -OCH3 is 1. The Hall–Kier alpha value is -2.88. The first-order chi connectivity index (χ1) is 12.3. The van der Waals surface area contributed by atoms with Gasteiger partial charge in [-0.25, -0.2) is 4.98 Å². The number of aromatic nitrogens is 2. The smallest absolute Gasteiger partial charge is 0.405 e. The van der Waals surface area contributed by atoms with E-state index in [2.05, 4.69) is 4.98 Å². The van der Waals surface area contributed by atoms with Crippen LogP contribution in [0.25, 0.3) is 16.2 Å². The molecule has 1 N–H and O–H groups in total. The summed E-state index contributed by atoms with van der Waals surface area (Å²) in [6.45, 7) is -1.53. The van der Waals surface area contributed by atoms with Gasteiger partial charge in [0.25, 0.3) is 11.5 Å². The number of nitrogens with one attached hydrogen (secondary N) is 1. The maximum Gasteiger partial charge on any atom is 0.405 e. The molecule has 0 unspecified atom stereocenters. The largest absolute Gasteiger partial charge is 0.497 e. The zero-order chi connectivity index (χ0) is 18.9. The molecule has 0 aliphatic heterocycles. The molecular formula is C16H12F3N3O3S. The number of fused-ring (bicyclic) bond motifs is 1. The summed E-state index contributed by atoms with van der Waals surface area (Å²) in [5.41, 5.74) is -0.0951. The molecule has 0 aliphatic rings. The Balaban J connectivity index is 2.06. The average Bonchev–Trinajstić information content (AvgIpc) is 3.04. The van der Waals surface area contributed by atoms with Gasteiger partial charge in [0.1, 0.15) is 17.9 Å². The summed E-state index contributed by atoms with van der Waals surface area (Å²) in [4.78, 5) is 28.9. The fourth-order valence-electron chi connectivity index (χ4n) is 2.31. The van der Waals surface area contributed by atoms with Crippen LogP contribution in [0.15, 0.2) is 40.6 Å². The third kappa shape index (κ3) is 3.54. The highest BCUT2D eigenvalue weighted by Crippen LogP contribution is 2.26. The Morgan fingerprint density at radius 2 is 2.15 bits per heavy atom. The van der Waals surface area contributed by atoms with E-state index in [-0.39, 0.29) is 0 Å². The van der Waals surface area contributed by atoms with Gasteiger partial charge >= 0.3 is 6.18 Å². The quantitative estimate of drug-likeness (QED) is 0.752. The number of carbonyl (C=O) groups excluding carboxylic acids is 1. The van der Waals surface area contributed by atoms with Crippen molar-refractivity contribution in [2.24, 2.45) is 0 Å². The molecule has 0 aliphatic carbocycles. The predicted octanol–water partition coefficient (Wildman–Crippen LogP) is 2.72. The van der Waals surface area contributed by atoms with Gasteiger partial charge in [-0.3, -0.25) is 14.0 Å². The number of hydrogen-bond acceptors (Lipinski definition) is 5. The molecule has 0 saturated carbocycles. The van der Waals surface area contributed by atoms with Crippen LogP contribution in [0, 0.1) is 0 Å². The van der Waals surface area contributed by atoms with Crippen molar-refractivity contribution < 1.29 is 22.7 Å². The van der Waals surface area contributed by atoms with Crippen molar-refractivity contribution in [3.8, 4) is 17.0 Å². The summed E-state index contributed by atoms with van der Waals surface area (Å²) >= 11 is 1.17. The van der Waals surface area contributed by atoms with E-state index in [1.807, 2.05) is 0 Å². The fourth-order valence-corrected chi connectivity index (χ4v) is 3.17. The first-order valence-corrected chi connectivity index (χ1v) is 8.17. The maximum atomic E-state index is 12.7. The van der Waals surface area contributed by atoms with Crippen LogP contribution in [0.5, 0.6) is 5.75 Å². The second-order valence-corrected chi connectivity index (χ2v) is 6.08. The Morgan fingerprint density at radius 3 is 2.85 bits per heavy atom. The van der Waals surface area contributed by atoms with E-state index in [1.165, 1.54) is 22.8 Å². The lowest BCUT2D eigenvalue weighted by Crippen LogP contribution is -2.37. The van der Waals surface area contributed by atoms with Crippen LogP contribution in [-0.4, -0.2) is 35.1 Å². The number of rotatable bonds is 4. The van der Waals surface area contributed by atoms with Crippen molar-refractivity contribution >= 4 is 22.2 Å². The number of benzene rings is 1. The van der Waals surface area contributed by atoms with E-state index in [0.717, 1.165) is 6.20 Å². The Bertz CT molecular complexity index is 1030. The molecule has 3 rings (SSSR count). The van der Waals surface area contributed by atoms with Crippen LogP contribution in [0.2, 0.25) is 0 Å². The summed E-state index contributed by atoms with van der Waals surface area (Å²) in [6.07, 6.45) is -3.59. The van der Waals surface area contributed by atoms with Crippen molar-refractivity contribution in [1.82, 2.24) is 14.7 Å². The van der Waals surface area contributed by atoms with Crippen LogP contribution in [0.3, 0.4) is 0 Å². The minimum Gasteiger partial charge on any atom is -0.497 e. The fraction of sp³-hybridized carbons (Fsp3) is 0.188. The summed E-state index contributed by atoms with van der Waals surface area (Å²) in [7, 11) is 1.50. The molecule has 3 aromatic rings. The lowest BCUT2D eigenvalue weighted by atomic mass is 10.1. The standard InChI is InChI=1S/C16H12F3N3O3S/c1-25-10-4-2-3-9(5-10)12-7-26-15-20-6-11(14(24)22(12)15)13(23)21-8-16(17,18)19/h2-7H,8H2,1H3,(H,21,23). The molecule has 26 heavy (non-hydrogen) atoms. The van der Waals surface area contributed by atoms with Gasteiger partial charge < -0.3 is 10.1 Å². The van der Waals surface area contributed by atoms with E-state index < -0.39 is 29.8 Å². The molecule has 0 bridgehead atoms. The average molecular weight is 383 g/mol. The van der Waals surface area contributed by atoms with E-state index in [1.54, 1.807) is 35.0 Å². The minimum atomic E-state index is -4.57. The highest BCUT2D eigenvalue weighted by molar-refractivity contribution is 7.15. The summed E-state index contributed by atoms with van der Waals surface area (Å²) in [6, 6.07) is 6.91. The van der Waals surface area contributed by atoms with Crippen LogP contribution < -0.4 is 15.6 Å². The molecule has 0 radical (unpaired) electrons. The molecule has 1 amide bonds. The topological polar surface area (TPSA) is 72.7 Å². The van der Waals surface area contributed by atoms with Gasteiger partial charge in [0, 0.05) is 17.1 Å². The number of halogens is 3. The summed E-state index contributed by atoms with van der Waals surface area (Å²) in [5, 5.41) is 3.36.